The van der Waals surface area contributed by atoms with Gasteiger partial charge in [-0.3, -0.25) is 4.57 Å². The van der Waals surface area contributed by atoms with Gasteiger partial charge in [0.25, 0.3) is 7.82 Å². The fourth-order valence-corrected chi connectivity index (χ4v) is 2.13. The van der Waals surface area contributed by atoms with Crippen LogP contribution in [0.4, 0.5) is 0 Å². The molecule has 1 aromatic carbocycles. The van der Waals surface area contributed by atoms with Gasteiger partial charge in [0.1, 0.15) is 6.61 Å². The number of hydrogen-bond donors (Lipinski definition) is 1. The highest BCUT2D eigenvalue weighted by Crippen LogP contribution is 2.37. The normalized spacial score (nSPS) is 11.5. The van der Waals surface area contributed by atoms with E-state index in [0.717, 1.165) is 11.6 Å². The first-order valence-electron chi connectivity index (χ1n) is 7.08. The number of ether oxygens (including phenoxy) is 1. The highest BCUT2D eigenvalue weighted by atomic mass is 35.5. The van der Waals surface area contributed by atoms with Gasteiger partial charge in [-0.25, -0.2) is 4.79 Å². The maximum absolute atomic E-state index is 11.0. The molecule has 0 heterocycles. The lowest BCUT2D eigenvalue weighted by molar-refractivity contribution is -0.224. The number of phosphoric ester groups is 1. The molecule has 1 N–H and O–H groups in total. The smallest absolute Gasteiger partial charge is 0.334 e. The van der Waals surface area contributed by atoms with Gasteiger partial charge in [-0.1, -0.05) is 23.7 Å². The number of carbonyl (C=O) groups is 1. The molecule has 0 amide bonds. The van der Waals surface area contributed by atoms with Crippen molar-refractivity contribution in [2.24, 2.45) is 0 Å². The molecule has 0 unspecified atom stereocenters. The van der Waals surface area contributed by atoms with Gasteiger partial charge in [0.15, 0.2) is 0 Å². The summed E-state index contributed by atoms with van der Waals surface area (Å²) in [6, 6.07) is 6.98. The zero-order valence-corrected chi connectivity index (χ0v) is 15.4. The SMILES string of the molecule is C/C(O)=C/C(=O)OCc1ccc(Cl)cc1.CCOP(=O)([O-])OCC. The molecule has 0 aliphatic rings. The molecule has 24 heavy (non-hydrogen) atoms. The molecule has 9 heteroatoms. The van der Waals surface area contributed by atoms with Crippen molar-refractivity contribution in [2.45, 2.75) is 27.4 Å². The molecule has 0 saturated carbocycles. The van der Waals surface area contributed by atoms with E-state index in [2.05, 4.69) is 9.05 Å². The highest BCUT2D eigenvalue weighted by Gasteiger charge is 2.04. The Kier molecular flexibility index (Phi) is 11.4. The van der Waals surface area contributed by atoms with Crippen LogP contribution in [0.15, 0.2) is 36.1 Å². The first-order chi connectivity index (χ1) is 11.2. The van der Waals surface area contributed by atoms with Crippen LogP contribution in [0.3, 0.4) is 0 Å². The third kappa shape index (κ3) is 12.1. The van der Waals surface area contributed by atoms with Crippen LogP contribution in [0.5, 0.6) is 0 Å². The molecule has 0 aromatic heterocycles. The van der Waals surface area contributed by atoms with Crippen molar-refractivity contribution in [3.8, 4) is 0 Å². The molecule has 0 saturated heterocycles. The first-order valence-corrected chi connectivity index (χ1v) is 8.92. The summed E-state index contributed by atoms with van der Waals surface area (Å²) in [6.45, 7) is 5.00. The summed E-state index contributed by atoms with van der Waals surface area (Å²) < 4.78 is 23.8. The van der Waals surface area contributed by atoms with Gasteiger partial charge < -0.3 is 23.8 Å². The lowest BCUT2D eigenvalue weighted by Crippen LogP contribution is -2.07. The van der Waals surface area contributed by atoms with Crippen LogP contribution in [0.2, 0.25) is 5.02 Å². The second-order valence-electron chi connectivity index (χ2n) is 4.30. The molecule has 0 spiro atoms. The lowest BCUT2D eigenvalue weighted by atomic mass is 10.2. The molecule has 0 fully saturated rings. The van der Waals surface area contributed by atoms with Crippen molar-refractivity contribution >= 4 is 25.4 Å². The Morgan fingerprint density at radius 3 is 2.17 bits per heavy atom. The summed E-state index contributed by atoms with van der Waals surface area (Å²) in [5.74, 6) is -0.638. The molecule has 0 bridgehead atoms. The number of aliphatic hydroxyl groups is 1. The van der Waals surface area contributed by atoms with E-state index in [0.29, 0.717) is 5.02 Å². The molecule has 0 atom stereocenters. The topological polar surface area (TPSA) is 105 Å². The molecule has 0 aliphatic carbocycles. The van der Waals surface area contributed by atoms with Crippen LogP contribution in [0.25, 0.3) is 0 Å². The van der Waals surface area contributed by atoms with E-state index < -0.39 is 13.8 Å². The van der Waals surface area contributed by atoms with Crippen molar-refractivity contribution in [2.75, 3.05) is 13.2 Å². The first kappa shape index (κ1) is 22.6. The molecule has 1 aromatic rings. The minimum absolute atomic E-state index is 0.0730. The molecule has 0 aliphatic heterocycles. The molecule has 136 valence electrons. The number of hydrogen-bond acceptors (Lipinski definition) is 7. The van der Waals surface area contributed by atoms with E-state index in [1.54, 1.807) is 38.1 Å². The number of carbonyl (C=O) groups excluding carboxylic acids is 1. The lowest BCUT2D eigenvalue weighted by Gasteiger charge is -2.20. The van der Waals surface area contributed by atoms with Gasteiger partial charge in [0.2, 0.25) is 0 Å². The zero-order chi connectivity index (χ0) is 18.6. The van der Waals surface area contributed by atoms with Gasteiger partial charge in [0.05, 0.1) is 25.0 Å². The van der Waals surface area contributed by atoms with E-state index in [-0.39, 0.29) is 25.6 Å². The Labute approximate surface area is 146 Å². The van der Waals surface area contributed by atoms with Gasteiger partial charge in [-0.15, -0.1) is 0 Å². The molecule has 7 nitrogen and oxygen atoms in total. The summed E-state index contributed by atoms with van der Waals surface area (Å²) in [5, 5.41) is 9.43. The molecular formula is C15H21ClO7P-. The Bertz CT molecular complexity index is 558. The summed E-state index contributed by atoms with van der Waals surface area (Å²) in [5.41, 5.74) is 0.844. The van der Waals surface area contributed by atoms with Crippen LogP contribution in [0, 0.1) is 0 Å². The molecule has 0 radical (unpaired) electrons. The van der Waals surface area contributed by atoms with Crippen molar-refractivity contribution in [3.05, 3.63) is 46.7 Å². The fraction of sp³-hybridized carbons (Fsp3) is 0.400. The summed E-state index contributed by atoms with van der Waals surface area (Å²) in [7, 11) is -3.94. The Morgan fingerprint density at radius 1 is 1.25 bits per heavy atom. The number of aliphatic hydroxyl groups excluding tert-OH is 1. The second kappa shape index (κ2) is 12.1. The fourth-order valence-electron chi connectivity index (χ4n) is 1.30. The predicted molar refractivity (Wildman–Crippen MR) is 88.5 cm³/mol. The van der Waals surface area contributed by atoms with Crippen LogP contribution in [-0.2, 0) is 29.8 Å². The Hall–Kier alpha value is -1.37. The predicted octanol–water partition coefficient (Wildman–Crippen LogP) is 3.37. The monoisotopic (exact) mass is 379 g/mol. The average Bonchev–Trinajstić information content (AvgIpc) is 2.46. The van der Waals surface area contributed by atoms with E-state index in [1.165, 1.54) is 6.92 Å². The number of rotatable bonds is 7. The zero-order valence-electron chi connectivity index (χ0n) is 13.7. The van der Waals surface area contributed by atoms with Crippen molar-refractivity contribution in [3.63, 3.8) is 0 Å². The Balaban J connectivity index is 0.000000506. The van der Waals surface area contributed by atoms with E-state index in [1.807, 2.05) is 0 Å². The minimum atomic E-state index is -3.94. The number of esters is 1. The summed E-state index contributed by atoms with van der Waals surface area (Å²) >= 11 is 5.69. The van der Waals surface area contributed by atoms with E-state index in [4.69, 9.17) is 21.4 Å². The third-order valence-corrected chi connectivity index (χ3v) is 3.60. The van der Waals surface area contributed by atoms with E-state index in [9.17, 15) is 14.3 Å². The number of benzene rings is 1. The third-order valence-electron chi connectivity index (χ3n) is 2.20. The minimum Gasteiger partial charge on any atom is -0.756 e. The van der Waals surface area contributed by atoms with Gasteiger partial charge >= 0.3 is 5.97 Å². The van der Waals surface area contributed by atoms with Gasteiger partial charge in [0, 0.05) is 5.02 Å². The molecule has 1 rings (SSSR count). The van der Waals surface area contributed by atoms with E-state index >= 15 is 0 Å². The number of halogens is 1. The largest absolute Gasteiger partial charge is 0.756 e. The van der Waals surface area contributed by atoms with Crippen molar-refractivity contribution in [1.82, 2.24) is 0 Å². The van der Waals surface area contributed by atoms with Crippen molar-refractivity contribution in [1.29, 1.82) is 0 Å². The maximum atomic E-state index is 11.0. The van der Waals surface area contributed by atoms with Crippen LogP contribution >= 0.6 is 19.4 Å². The number of phosphoric acid groups is 1. The summed E-state index contributed by atoms with van der Waals surface area (Å²) in [6.07, 6.45) is 1.02. The Morgan fingerprint density at radius 2 is 1.75 bits per heavy atom. The van der Waals surface area contributed by atoms with Gasteiger partial charge in [-0.2, -0.15) is 0 Å². The van der Waals surface area contributed by atoms with Gasteiger partial charge in [-0.05, 0) is 38.5 Å². The molecular weight excluding hydrogens is 359 g/mol. The number of allylic oxidation sites excluding steroid dienone is 1. The van der Waals surface area contributed by atoms with Crippen LogP contribution in [-0.4, -0.2) is 24.3 Å². The van der Waals surface area contributed by atoms with Crippen molar-refractivity contribution < 1.29 is 33.1 Å². The second-order valence-corrected chi connectivity index (χ2v) is 6.15. The average molecular weight is 380 g/mol. The van der Waals surface area contributed by atoms with Crippen LogP contribution < -0.4 is 4.89 Å². The quantitative estimate of drug-likeness (QED) is 0.335. The standard InChI is InChI=1S/C11H11ClO3.C4H11O4P/c1-8(13)6-11(14)15-7-9-2-4-10(12)5-3-9;1-3-7-9(5,6)8-4-2/h2-6,13H,7H2,1H3;3-4H2,1-2H3,(H,5,6)/p-1/b8-6-;. The summed E-state index contributed by atoms with van der Waals surface area (Å²) in [4.78, 5) is 21.4. The maximum Gasteiger partial charge on any atom is 0.334 e. The van der Waals surface area contributed by atoms with Crippen LogP contribution in [0.1, 0.15) is 26.3 Å². The highest BCUT2D eigenvalue weighted by molar-refractivity contribution is 7.45.